The van der Waals surface area contributed by atoms with E-state index in [0.717, 1.165) is 36.8 Å². The fourth-order valence-corrected chi connectivity index (χ4v) is 3.19. The Kier molecular flexibility index (Phi) is 6.46. The smallest absolute Gasteiger partial charge is 0.243 e. The van der Waals surface area contributed by atoms with Crippen molar-refractivity contribution in [1.29, 1.82) is 0 Å². The second-order valence-corrected chi connectivity index (χ2v) is 6.57. The Morgan fingerprint density at radius 2 is 2.13 bits per heavy atom. The van der Waals surface area contributed by atoms with Crippen LogP contribution in [0, 0.1) is 6.92 Å². The third-order valence-corrected chi connectivity index (χ3v) is 4.59. The van der Waals surface area contributed by atoms with Crippen molar-refractivity contribution in [2.45, 2.75) is 58.5 Å². The normalized spacial score (nSPS) is 17.9. The van der Waals surface area contributed by atoms with Crippen LogP contribution in [0.15, 0.2) is 18.2 Å². The van der Waals surface area contributed by atoms with E-state index in [1.54, 1.807) is 4.90 Å². The molecule has 1 heterocycles. The lowest BCUT2D eigenvalue weighted by Gasteiger charge is -2.34. The number of aryl methyl sites for hydroxylation is 1. The molecule has 0 aliphatic carbocycles. The van der Waals surface area contributed by atoms with E-state index < -0.39 is 0 Å². The van der Waals surface area contributed by atoms with Crippen molar-refractivity contribution >= 4 is 23.4 Å². The maximum absolute atomic E-state index is 12.5. The molecule has 1 saturated heterocycles. The van der Waals surface area contributed by atoms with E-state index in [-0.39, 0.29) is 17.9 Å². The average Bonchev–Trinajstić information content (AvgIpc) is 2.55. The number of hydrogen-bond donors (Lipinski definition) is 1. The molecule has 0 unspecified atom stereocenters. The average molecular weight is 337 g/mol. The maximum atomic E-state index is 12.5. The van der Waals surface area contributed by atoms with Gasteiger partial charge in [-0.05, 0) is 55.9 Å². The molecule has 0 saturated carbocycles. The lowest BCUT2D eigenvalue weighted by molar-refractivity contribution is -0.142. The number of amides is 2. The lowest BCUT2D eigenvalue weighted by atomic mass is 10.0. The van der Waals surface area contributed by atoms with Crippen LogP contribution < -0.4 is 5.32 Å². The molecule has 1 aliphatic heterocycles. The van der Waals surface area contributed by atoms with Crippen LogP contribution in [0.5, 0.6) is 0 Å². The van der Waals surface area contributed by atoms with Gasteiger partial charge in [-0.1, -0.05) is 24.6 Å². The number of carbonyl (C=O) groups is 2. The zero-order chi connectivity index (χ0) is 16.8. The van der Waals surface area contributed by atoms with Crippen LogP contribution in [0.2, 0.25) is 5.02 Å². The molecule has 1 aromatic rings. The van der Waals surface area contributed by atoms with E-state index in [9.17, 15) is 9.59 Å². The van der Waals surface area contributed by atoms with Gasteiger partial charge in [0.2, 0.25) is 11.8 Å². The van der Waals surface area contributed by atoms with Gasteiger partial charge in [0.15, 0.2) is 0 Å². The van der Waals surface area contributed by atoms with Crippen molar-refractivity contribution < 1.29 is 9.59 Å². The van der Waals surface area contributed by atoms with Gasteiger partial charge in [-0.15, -0.1) is 0 Å². The number of rotatable bonds is 5. The fraction of sp³-hybridized carbons (Fsp3) is 0.556. The molecule has 0 aromatic heterocycles. The van der Waals surface area contributed by atoms with E-state index in [0.29, 0.717) is 24.5 Å². The number of carbonyl (C=O) groups excluding carboxylic acids is 2. The number of nitrogens with zero attached hydrogens (tertiary/aromatic N) is 1. The van der Waals surface area contributed by atoms with Crippen molar-refractivity contribution in [3.63, 3.8) is 0 Å². The molecular weight excluding hydrogens is 312 g/mol. The number of nitrogens with one attached hydrogen (secondary N) is 1. The molecule has 0 spiro atoms. The summed E-state index contributed by atoms with van der Waals surface area (Å²) < 4.78 is 0. The standard InChI is InChI=1S/C18H25ClN2O2/c1-3-6-17(22)21-10-5-4-7-16(21)18(23)20-12-14-11-15(19)9-8-13(14)2/h8-9,11,16H,3-7,10,12H2,1-2H3,(H,20,23)/t16-/m1/s1. The summed E-state index contributed by atoms with van der Waals surface area (Å²) in [6, 6.07) is 5.33. The Morgan fingerprint density at radius 3 is 2.87 bits per heavy atom. The number of piperidine rings is 1. The quantitative estimate of drug-likeness (QED) is 0.895. The molecular formula is C18H25ClN2O2. The van der Waals surface area contributed by atoms with Gasteiger partial charge in [0.25, 0.3) is 0 Å². The molecule has 1 fully saturated rings. The zero-order valence-corrected chi connectivity index (χ0v) is 14.7. The van der Waals surface area contributed by atoms with Crippen LogP contribution in [0.1, 0.15) is 50.2 Å². The van der Waals surface area contributed by atoms with E-state index >= 15 is 0 Å². The molecule has 1 atom stereocenters. The number of benzene rings is 1. The Morgan fingerprint density at radius 1 is 1.35 bits per heavy atom. The molecule has 4 nitrogen and oxygen atoms in total. The minimum atomic E-state index is -0.331. The van der Waals surface area contributed by atoms with Gasteiger partial charge in [-0.2, -0.15) is 0 Å². The highest BCUT2D eigenvalue weighted by Gasteiger charge is 2.31. The van der Waals surface area contributed by atoms with Gasteiger partial charge in [0, 0.05) is 24.5 Å². The zero-order valence-electron chi connectivity index (χ0n) is 13.9. The molecule has 5 heteroatoms. The summed E-state index contributed by atoms with van der Waals surface area (Å²) in [4.78, 5) is 26.5. The van der Waals surface area contributed by atoms with Crippen molar-refractivity contribution in [3.05, 3.63) is 34.3 Å². The SMILES string of the molecule is CCCC(=O)N1CCCC[C@@H]1C(=O)NCc1cc(Cl)ccc1C. The largest absolute Gasteiger partial charge is 0.350 e. The molecule has 23 heavy (non-hydrogen) atoms. The maximum Gasteiger partial charge on any atom is 0.243 e. The highest BCUT2D eigenvalue weighted by molar-refractivity contribution is 6.30. The Hall–Kier alpha value is -1.55. The number of likely N-dealkylation sites (tertiary alicyclic amines) is 1. The number of hydrogen-bond acceptors (Lipinski definition) is 2. The minimum Gasteiger partial charge on any atom is -0.350 e. The Labute approximate surface area is 143 Å². The summed E-state index contributed by atoms with van der Waals surface area (Å²) in [6.45, 7) is 5.11. The highest BCUT2D eigenvalue weighted by atomic mass is 35.5. The van der Waals surface area contributed by atoms with Crippen molar-refractivity contribution in [1.82, 2.24) is 10.2 Å². The van der Waals surface area contributed by atoms with E-state index in [2.05, 4.69) is 5.32 Å². The monoisotopic (exact) mass is 336 g/mol. The molecule has 2 rings (SSSR count). The van der Waals surface area contributed by atoms with Crippen molar-refractivity contribution in [2.75, 3.05) is 6.54 Å². The molecule has 0 radical (unpaired) electrons. The van der Waals surface area contributed by atoms with E-state index in [1.807, 2.05) is 32.0 Å². The van der Waals surface area contributed by atoms with Gasteiger partial charge >= 0.3 is 0 Å². The van der Waals surface area contributed by atoms with Gasteiger partial charge in [0.05, 0.1) is 0 Å². The lowest BCUT2D eigenvalue weighted by Crippen LogP contribution is -2.51. The van der Waals surface area contributed by atoms with Gasteiger partial charge in [-0.25, -0.2) is 0 Å². The third kappa shape index (κ3) is 4.71. The van der Waals surface area contributed by atoms with Crippen LogP contribution in [0.25, 0.3) is 0 Å². The minimum absolute atomic E-state index is 0.0615. The summed E-state index contributed by atoms with van der Waals surface area (Å²) in [5.74, 6) is 0.0276. The van der Waals surface area contributed by atoms with Gasteiger partial charge < -0.3 is 10.2 Å². The first-order valence-corrected chi connectivity index (χ1v) is 8.73. The third-order valence-electron chi connectivity index (χ3n) is 4.35. The first-order chi connectivity index (χ1) is 11.0. The first kappa shape index (κ1) is 17.8. The van der Waals surface area contributed by atoms with Crippen LogP contribution in [0.3, 0.4) is 0 Å². The molecule has 126 valence electrons. The summed E-state index contributed by atoms with van der Waals surface area (Å²) >= 11 is 6.01. The Bertz CT molecular complexity index is 574. The summed E-state index contributed by atoms with van der Waals surface area (Å²) in [5.41, 5.74) is 2.10. The van der Waals surface area contributed by atoms with Gasteiger partial charge in [-0.3, -0.25) is 9.59 Å². The van der Waals surface area contributed by atoms with Crippen LogP contribution >= 0.6 is 11.6 Å². The van der Waals surface area contributed by atoms with Crippen molar-refractivity contribution in [2.24, 2.45) is 0 Å². The number of halogens is 1. The second-order valence-electron chi connectivity index (χ2n) is 6.14. The summed E-state index contributed by atoms with van der Waals surface area (Å²) in [6.07, 6.45) is 4.04. The van der Waals surface area contributed by atoms with E-state index in [4.69, 9.17) is 11.6 Å². The van der Waals surface area contributed by atoms with Crippen molar-refractivity contribution in [3.8, 4) is 0 Å². The predicted octanol–water partition coefficient (Wildman–Crippen LogP) is 3.45. The molecule has 1 N–H and O–H groups in total. The fourth-order valence-electron chi connectivity index (χ4n) is 2.99. The van der Waals surface area contributed by atoms with Crippen LogP contribution in [0.4, 0.5) is 0 Å². The first-order valence-electron chi connectivity index (χ1n) is 8.35. The molecule has 1 aromatic carbocycles. The van der Waals surface area contributed by atoms with Gasteiger partial charge in [0.1, 0.15) is 6.04 Å². The summed E-state index contributed by atoms with van der Waals surface area (Å²) in [7, 11) is 0. The topological polar surface area (TPSA) is 49.4 Å². The van der Waals surface area contributed by atoms with Crippen LogP contribution in [-0.4, -0.2) is 29.3 Å². The predicted molar refractivity (Wildman–Crippen MR) is 92.3 cm³/mol. The molecule has 0 bridgehead atoms. The summed E-state index contributed by atoms with van der Waals surface area (Å²) in [5, 5.41) is 3.64. The highest BCUT2D eigenvalue weighted by Crippen LogP contribution is 2.19. The van der Waals surface area contributed by atoms with E-state index in [1.165, 1.54) is 0 Å². The Balaban J connectivity index is 2.00. The van der Waals surface area contributed by atoms with Crippen LogP contribution in [-0.2, 0) is 16.1 Å². The molecule has 1 aliphatic rings. The molecule has 2 amide bonds. The second kappa shape index (κ2) is 8.34.